The number of fused-ring (bicyclic) bond motifs is 1. The Morgan fingerprint density at radius 1 is 1.24 bits per heavy atom. The van der Waals surface area contributed by atoms with Gasteiger partial charge in [-0.25, -0.2) is 4.68 Å². The summed E-state index contributed by atoms with van der Waals surface area (Å²) in [5.74, 6) is 1.69. The van der Waals surface area contributed by atoms with E-state index in [2.05, 4.69) is 55.8 Å². The fourth-order valence-corrected chi connectivity index (χ4v) is 3.36. The maximum absolute atomic E-state index is 4.53. The highest BCUT2D eigenvalue weighted by atomic mass is 15.3. The molecular formula is C19H24N6. The summed E-state index contributed by atoms with van der Waals surface area (Å²) < 4.78 is 4.03. The van der Waals surface area contributed by atoms with Gasteiger partial charge < -0.3 is 10.6 Å². The highest BCUT2D eigenvalue weighted by molar-refractivity contribution is 5.38. The van der Waals surface area contributed by atoms with Crippen molar-refractivity contribution >= 4 is 5.82 Å². The van der Waals surface area contributed by atoms with Crippen molar-refractivity contribution in [3.63, 3.8) is 0 Å². The van der Waals surface area contributed by atoms with Crippen molar-refractivity contribution in [1.82, 2.24) is 24.9 Å². The molecule has 130 valence electrons. The van der Waals surface area contributed by atoms with E-state index in [1.54, 1.807) is 0 Å². The van der Waals surface area contributed by atoms with Gasteiger partial charge in [0.1, 0.15) is 5.82 Å². The topological polar surface area (TPSA) is 59.7 Å². The fraction of sp³-hybridized carbons (Fsp3) is 0.368. The molecular weight excluding hydrogens is 312 g/mol. The second-order valence-corrected chi connectivity index (χ2v) is 6.75. The molecule has 2 N–H and O–H groups in total. The highest BCUT2D eigenvalue weighted by Crippen LogP contribution is 2.18. The van der Waals surface area contributed by atoms with Crippen molar-refractivity contribution < 1.29 is 0 Å². The zero-order valence-corrected chi connectivity index (χ0v) is 14.5. The number of hydrogen-bond acceptors (Lipinski definition) is 4. The Hall–Kier alpha value is -2.60. The van der Waals surface area contributed by atoms with Gasteiger partial charge in [0.15, 0.2) is 0 Å². The highest BCUT2D eigenvalue weighted by Gasteiger charge is 2.18. The molecule has 6 nitrogen and oxygen atoms in total. The zero-order chi connectivity index (χ0) is 17.1. The summed E-state index contributed by atoms with van der Waals surface area (Å²) in [6, 6.07) is 12.8. The summed E-state index contributed by atoms with van der Waals surface area (Å²) in [6.45, 7) is 6.69. The predicted molar refractivity (Wildman–Crippen MR) is 98.4 cm³/mol. The minimum atomic E-state index is 0.555. The zero-order valence-electron chi connectivity index (χ0n) is 14.5. The van der Waals surface area contributed by atoms with Crippen LogP contribution in [0, 0.1) is 12.8 Å². The van der Waals surface area contributed by atoms with Gasteiger partial charge in [-0.3, -0.25) is 4.68 Å². The van der Waals surface area contributed by atoms with Crippen LogP contribution in [-0.4, -0.2) is 32.7 Å². The summed E-state index contributed by atoms with van der Waals surface area (Å²) in [6.07, 6.45) is 3.81. The molecule has 0 bridgehead atoms. The van der Waals surface area contributed by atoms with Crippen molar-refractivity contribution in [2.24, 2.45) is 5.92 Å². The largest absolute Gasteiger partial charge is 0.370 e. The van der Waals surface area contributed by atoms with Crippen molar-refractivity contribution in [2.75, 3.05) is 18.4 Å². The number of aromatic nitrogens is 4. The number of nitrogens with one attached hydrogen (secondary N) is 2. The van der Waals surface area contributed by atoms with Gasteiger partial charge in [-0.15, -0.1) is 0 Å². The Balaban J connectivity index is 1.29. The van der Waals surface area contributed by atoms with Crippen LogP contribution >= 0.6 is 0 Å². The second-order valence-electron chi connectivity index (χ2n) is 6.75. The lowest BCUT2D eigenvalue weighted by Gasteiger charge is -2.25. The van der Waals surface area contributed by atoms with Crippen LogP contribution in [0.1, 0.15) is 16.8 Å². The minimum Gasteiger partial charge on any atom is -0.370 e. The number of benzene rings is 1. The Morgan fingerprint density at radius 2 is 2.16 bits per heavy atom. The fourth-order valence-electron chi connectivity index (χ4n) is 3.36. The number of nitrogens with zero attached hydrogens (tertiary/aromatic N) is 4. The molecule has 0 aliphatic carbocycles. The van der Waals surface area contributed by atoms with E-state index in [1.165, 1.54) is 11.1 Å². The van der Waals surface area contributed by atoms with E-state index in [1.807, 2.05) is 30.1 Å². The summed E-state index contributed by atoms with van der Waals surface area (Å²) >= 11 is 0. The van der Waals surface area contributed by atoms with E-state index in [9.17, 15) is 0 Å². The standard InChI is InChI=1S/C19H24N6/c1-15-8-19-21-12-18(14-25(19)23-15)11-20-10-16-4-2-5-17(9-16)13-24-7-3-6-22-24/h2-9,18,20-21H,10-14H2,1H3/t18-/m1/s1. The van der Waals surface area contributed by atoms with Crippen LogP contribution in [-0.2, 0) is 19.6 Å². The molecule has 0 saturated carbocycles. The number of aryl methyl sites for hydroxylation is 1. The van der Waals surface area contributed by atoms with Crippen LogP contribution < -0.4 is 10.6 Å². The molecule has 3 aromatic rings. The third-order valence-corrected chi connectivity index (χ3v) is 4.56. The Morgan fingerprint density at radius 3 is 3.04 bits per heavy atom. The van der Waals surface area contributed by atoms with Gasteiger partial charge in [-0.2, -0.15) is 10.2 Å². The molecule has 1 atom stereocenters. The first-order valence-electron chi connectivity index (χ1n) is 8.80. The summed E-state index contributed by atoms with van der Waals surface area (Å²) in [5, 5.41) is 15.9. The molecule has 0 radical (unpaired) electrons. The monoisotopic (exact) mass is 336 g/mol. The van der Waals surface area contributed by atoms with Crippen LogP contribution in [0.4, 0.5) is 5.82 Å². The Bertz CT molecular complexity index is 820. The maximum atomic E-state index is 4.53. The summed E-state index contributed by atoms with van der Waals surface area (Å²) in [5.41, 5.74) is 3.66. The summed E-state index contributed by atoms with van der Waals surface area (Å²) in [7, 11) is 0. The molecule has 1 aliphatic heterocycles. The van der Waals surface area contributed by atoms with Gasteiger partial charge in [0.05, 0.1) is 12.2 Å². The molecule has 0 unspecified atom stereocenters. The molecule has 0 spiro atoms. The van der Waals surface area contributed by atoms with Gasteiger partial charge in [0.2, 0.25) is 0 Å². The lowest BCUT2D eigenvalue weighted by Crippen LogP contribution is -2.35. The summed E-state index contributed by atoms with van der Waals surface area (Å²) in [4.78, 5) is 0. The molecule has 1 aliphatic rings. The van der Waals surface area contributed by atoms with Gasteiger partial charge in [-0.05, 0) is 24.1 Å². The molecule has 25 heavy (non-hydrogen) atoms. The van der Waals surface area contributed by atoms with Crippen LogP contribution in [0.3, 0.4) is 0 Å². The average molecular weight is 336 g/mol. The molecule has 2 aromatic heterocycles. The van der Waals surface area contributed by atoms with Gasteiger partial charge in [-0.1, -0.05) is 24.3 Å². The van der Waals surface area contributed by atoms with E-state index in [0.717, 1.165) is 44.2 Å². The molecule has 4 rings (SSSR count). The van der Waals surface area contributed by atoms with E-state index in [-0.39, 0.29) is 0 Å². The first-order valence-corrected chi connectivity index (χ1v) is 8.80. The normalized spacial score (nSPS) is 16.4. The van der Waals surface area contributed by atoms with E-state index in [4.69, 9.17) is 0 Å². The quantitative estimate of drug-likeness (QED) is 0.725. The van der Waals surface area contributed by atoms with Crippen molar-refractivity contribution in [2.45, 2.75) is 26.6 Å². The van der Waals surface area contributed by atoms with Crippen molar-refractivity contribution in [3.05, 3.63) is 65.6 Å². The second kappa shape index (κ2) is 7.11. The van der Waals surface area contributed by atoms with E-state index >= 15 is 0 Å². The Kier molecular flexibility index (Phi) is 4.52. The van der Waals surface area contributed by atoms with E-state index < -0.39 is 0 Å². The number of hydrogen-bond donors (Lipinski definition) is 2. The molecule has 3 heterocycles. The first kappa shape index (κ1) is 15.9. The van der Waals surface area contributed by atoms with Crippen LogP contribution in [0.25, 0.3) is 0 Å². The molecule has 1 aromatic carbocycles. The lowest BCUT2D eigenvalue weighted by molar-refractivity contribution is 0.390. The minimum absolute atomic E-state index is 0.555. The maximum Gasteiger partial charge on any atom is 0.124 e. The van der Waals surface area contributed by atoms with Gasteiger partial charge >= 0.3 is 0 Å². The van der Waals surface area contributed by atoms with Gasteiger partial charge in [0.25, 0.3) is 0 Å². The predicted octanol–water partition coefficient (Wildman–Crippen LogP) is 2.27. The van der Waals surface area contributed by atoms with Crippen molar-refractivity contribution in [3.8, 4) is 0 Å². The van der Waals surface area contributed by atoms with Gasteiger partial charge in [0, 0.05) is 50.6 Å². The van der Waals surface area contributed by atoms with Crippen LogP contribution in [0.5, 0.6) is 0 Å². The number of anilines is 1. The smallest absolute Gasteiger partial charge is 0.124 e. The average Bonchev–Trinajstić information content (AvgIpc) is 3.23. The van der Waals surface area contributed by atoms with Crippen molar-refractivity contribution in [1.29, 1.82) is 0 Å². The SMILES string of the molecule is Cc1cc2n(n1)C[C@H](CNCc1cccc(Cn3cccn3)c1)CN2. The number of rotatable bonds is 6. The van der Waals surface area contributed by atoms with E-state index in [0.29, 0.717) is 5.92 Å². The van der Waals surface area contributed by atoms with Crippen LogP contribution in [0.15, 0.2) is 48.8 Å². The molecule has 0 fully saturated rings. The Labute approximate surface area is 147 Å². The third-order valence-electron chi connectivity index (χ3n) is 4.56. The molecule has 0 amide bonds. The lowest BCUT2D eigenvalue weighted by atomic mass is 10.1. The molecule has 0 saturated heterocycles. The molecule has 6 heteroatoms. The first-order chi connectivity index (χ1) is 12.3. The third kappa shape index (κ3) is 3.91. The van der Waals surface area contributed by atoms with Crippen LogP contribution in [0.2, 0.25) is 0 Å².